The van der Waals surface area contributed by atoms with Crippen molar-refractivity contribution < 1.29 is 18.3 Å². The number of aliphatic hydroxyl groups is 1. The van der Waals surface area contributed by atoms with Crippen molar-refractivity contribution in [2.24, 2.45) is 5.73 Å². The molecule has 0 aliphatic rings. The zero-order chi connectivity index (χ0) is 13.4. The van der Waals surface area contributed by atoms with Gasteiger partial charge in [0.25, 0.3) is 0 Å². The van der Waals surface area contributed by atoms with Gasteiger partial charge in [-0.1, -0.05) is 17.7 Å². The molecule has 0 saturated heterocycles. The van der Waals surface area contributed by atoms with Crippen LogP contribution in [0.15, 0.2) is 12.1 Å². The van der Waals surface area contributed by atoms with Crippen molar-refractivity contribution in [3.63, 3.8) is 0 Å². The van der Waals surface area contributed by atoms with Gasteiger partial charge >= 0.3 is 6.18 Å². The lowest BCUT2D eigenvalue weighted by atomic mass is 9.91. The van der Waals surface area contributed by atoms with Crippen molar-refractivity contribution in [1.29, 1.82) is 0 Å². The SMILES string of the molecule is Cc1cc(C)c([C@@H](N)[C@@H](O)C(F)(F)F)c(C)c1.Cl. The van der Waals surface area contributed by atoms with Gasteiger partial charge in [-0.3, -0.25) is 0 Å². The molecule has 0 spiro atoms. The monoisotopic (exact) mass is 283 g/mol. The summed E-state index contributed by atoms with van der Waals surface area (Å²) >= 11 is 0. The average Bonchev–Trinajstić information content (AvgIpc) is 2.13. The Bertz CT molecular complexity index is 397. The molecule has 0 unspecified atom stereocenters. The van der Waals surface area contributed by atoms with Gasteiger partial charge in [-0.25, -0.2) is 0 Å². The minimum absolute atomic E-state index is 0. The molecule has 1 aromatic carbocycles. The highest BCUT2D eigenvalue weighted by atomic mass is 35.5. The molecule has 0 fully saturated rings. The zero-order valence-corrected chi connectivity index (χ0v) is 11.2. The number of alkyl halides is 3. The Kier molecular flexibility index (Phi) is 5.65. The number of benzene rings is 1. The second-order valence-corrected chi connectivity index (χ2v) is 4.32. The highest BCUT2D eigenvalue weighted by Gasteiger charge is 2.43. The third-order valence-corrected chi connectivity index (χ3v) is 2.75. The van der Waals surface area contributed by atoms with E-state index in [1.807, 2.05) is 6.92 Å². The number of nitrogens with two attached hydrogens (primary N) is 1. The highest BCUT2D eigenvalue weighted by molar-refractivity contribution is 5.85. The summed E-state index contributed by atoms with van der Waals surface area (Å²) in [4.78, 5) is 0. The second-order valence-electron chi connectivity index (χ2n) is 4.32. The van der Waals surface area contributed by atoms with Gasteiger partial charge in [0.1, 0.15) is 0 Å². The number of rotatable bonds is 2. The molecule has 0 aliphatic heterocycles. The van der Waals surface area contributed by atoms with Gasteiger partial charge in [-0.2, -0.15) is 13.2 Å². The molecule has 104 valence electrons. The van der Waals surface area contributed by atoms with Gasteiger partial charge in [0.2, 0.25) is 0 Å². The van der Waals surface area contributed by atoms with Crippen LogP contribution in [0.3, 0.4) is 0 Å². The van der Waals surface area contributed by atoms with E-state index in [-0.39, 0.29) is 12.4 Å². The third kappa shape index (κ3) is 3.60. The van der Waals surface area contributed by atoms with Crippen molar-refractivity contribution >= 4 is 12.4 Å². The summed E-state index contributed by atoms with van der Waals surface area (Å²) in [6.45, 7) is 5.24. The van der Waals surface area contributed by atoms with Crippen LogP contribution >= 0.6 is 12.4 Å². The van der Waals surface area contributed by atoms with Crippen LogP contribution in [0.2, 0.25) is 0 Å². The van der Waals surface area contributed by atoms with Crippen molar-refractivity contribution in [2.75, 3.05) is 0 Å². The minimum atomic E-state index is -4.71. The molecule has 2 nitrogen and oxygen atoms in total. The van der Waals surface area contributed by atoms with Crippen LogP contribution < -0.4 is 5.73 Å². The Balaban J connectivity index is 0.00000289. The molecule has 0 saturated carbocycles. The Hall–Kier alpha value is -0.780. The lowest BCUT2D eigenvalue weighted by Gasteiger charge is -2.24. The Labute approximate surface area is 110 Å². The van der Waals surface area contributed by atoms with Crippen LogP contribution in [0.5, 0.6) is 0 Å². The van der Waals surface area contributed by atoms with Crippen molar-refractivity contribution in [2.45, 2.75) is 39.1 Å². The number of hydrogen-bond donors (Lipinski definition) is 2. The molecule has 0 amide bonds. The fraction of sp³-hybridized carbons (Fsp3) is 0.500. The largest absolute Gasteiger partial charge is 0.416 e. The molecule has 18 heavy (non-hydrogen) atoms. The summed E-state index contributed by atoms with van der Waals surface area (Å²) < 4.78 is 37.2. The van der Waals surface area contributed by atoms with Gasteiger partial charge in [0.05, 0.1) is 6.04 Å². The molecule has 3 N–H and O–H groups in total. The molecule has 0 bridgehead atoms. The van der Waals surface area contributed by atoms with Crippen molar-refractivity contribution in [1.82, 2.24) is 0 Å². The molecular formula is C12H17ClF3NO. The molecule has 2 atom stereocenters. The molecule has 0 aromatic heterocycles. The smallest absolute Gasteiger partial charge is 0.382 e. The fourth-order valence-electron chi connectivity index (χ4n) is 2.08. The molecule has 0 aliphatic carbocycles. The number of halogens is 4. The Morgan fingerprint density at radius 2 is 1.50 bits per heavy atom. The molecule has 1 aromatic rings. The van der Waals surface area contributed by atoms with Crippen molar-refractivity contribution in [3.05, 3.63) is 34.4 Å². The van der Waals surface area contributed by atoms with Crippen LogP contribution in [0, 0.1) is 20.8 Å². The van der Waals surface area contributed by atoms with E-state index in [4.69, 9.17) is 5.73 Å². The van der Waals surface area contributed by atoms with E-state index >= 15 is 0 Å². The quantitative estimate of drug-likeness (QED) is 0.876. The number of aryl methyl sites for hydroxylation is 3. The van der Waals surface area contributed by atoms with Crippen LogP contribution in [-0.4, -0.2) is 17.4 Å². The van der Waals surface area contributed by atoms with E-state index in [0.29, 0.717) is 16.7 Å². The standard InChI is InChI=1S/C12H16F3NO.ClH/c1-6-4-7(2)9(8(3)5-6)10(16)11(17)12(13,14)15;/h4-5,10-11,17H,16H2,1-3H3;1H/t10-,11-;/m1./s1. The molecule has 0 heterocycles. The Morgan fingerprint density at radius 3 is 1.83 bits per heavy atom. The first-order valence-electron chi connectivity index (χ1n) is 5.22. The van der Waals surface area contributed by atoms with E-state index in [1.54, 1.807) is 26.0 Å². The Morgan fingerprint density at radius 1 is 1.11 bits per heavy atom. The number of aliphatic hydroxyl groups excluding tert-OH is 1. The molecule has 0 radical (unpaired) electrons. The first-order chi connectivity index (χ1) is 7.64. The molecular weight excluding hydrogens is 267 g/mol. The summed E-state index contributed by atoms with van der Waals surface area (Å²) in [5.74, 6) is 0. The topological polar surface area (TPSA) is 46.2 Å². The summed E-state index contributed by atoms with van der Waals surface area (Å²) in [7, 11) is 0. The molecule has 6 heteroatoms. The lowest BCUT2D eigenvalue weighted by Crippen LogP contribution is -2.39. The van der Waals surface area contributed by atoms with Crippen LogP contribution in [0.25, 0.3) is 0 Å². The predicted molar refractivity (Wildman–Crippen MR) is 66.9 cm³/mol. The number of hydrogen-bond acceptors (Lipinski definition) is 2. The third-order valence-electron chi connectivity index (χ3n) is 2.75. The van der Waals surface area contributed by atoms with Gasteiger partial charge in [-0.05, 0) is 37.5 Å². The van der Waals surface area contributed by atoms with Gasteiger partial charge < -0.3 is 10.8 Å². The van der Waals surface area contributed by atoms with Gasteiger partial charge in [0.15, 0.2) is 6.10 Å². The summed E-state index contributed by atoms with van der Waals surface area (Å²) in [5, 5.41) is 9.18. The average molecular weight is 284 g/mol. The zero-order valence-electron chi connectivity index (χ0n) is 10.4. The fourth-order valence-corrected chi connectivity index (χ4v) is 2.08. The maximum absolute atomic E-state index is 12.4. The predicted octanol–water partition coefficient (Wildman–Crippen LogP) is 2.96. The normalized spacial score (nSPS) is 14.9. The summed E-state index contributed by atoms with van der Waals surface area (Å²) in [6.07, 6.45) is -7.24. The maximum atomic E-state index is 12.4. The minimum Gasteiger partial charge on any atom is -0.382 e. The summed E-state index contributed by atoms with van der Waals surface area (Å²) in [5.41, 5.74) is 8.15. The van der Waals surface area contributed by atoms with E-state index < -0.39 is 18.3 Å². The van der Waals surface area contributed by atoms with Crippen LogP contribution in [0.1, 0.15) is 28.3 Å². The highest BCUT2D eigenvalue weighted by Crippen LogP contribution is 2.32. The second kappa shape index (κ2) is 5.91. The van der Waals surface area contributed by atoms with Gasteiger partial charge in [-0.15, -0.1) is 12.4 Å². The van der Waals surface area contributed by atoms with E-state index in [2.05, 4.69) is 0 Å². The first-order valence-corrected chi connectivity index (χ1v) is 5.22. The maximum Gasteiger partial charge on any atom is 0.416 e. The van der Waals surface area contributed by atoms with E-state index in [0.717, 1.165) is 5.56 Å². The first kappa shape index (κ1) is 17.2. The lowest BCUT2D eigenvalue weighted by molar-refractivity contribution is -0.210. The van der Waals surface area contributed by atoms with Crippen LogP contribution in [0.4, 0.5) is 13.2 Å². The summed E-state index contributed by atoms with van der Waals surface area (Å²) in [6, 6.07) is 2.06. The van der Waals surface area contributed by atoms with E-state index in [1.165, 1.54) is 0 Å². The van der Waals surface area contributed by atoms with Crippen molar-refractivity contribution in [3.8, 4) is 0 Å². The van der Waals surface area contributed by atoms with Gasteiger partial charge in [0, 0.05) is 0 Å². The molecule has 1 rings (SSSR count). The van der Waals surface area contributed by atoms with Crippen LogP contribution in [-0.2, 0) is 0 Å². The van der Waals surface area contributed by atoms with E-state index in [9.17, 15) is 18.3 Å².